The van der Waals surface area contributed by atoms with Crippen LogP contribution in [0.4, 0.5) is 0 Å². The summed E-state index contributed by atoms with van der Waals surface area (Å²) in [5, 5.41) is 9.84. The van der Waals surface area contributed by atoms with Crippen LogP contribution in [0.3, 0.4) is 0 Å². The van der Waals surface area contributed by atoms with Crippen molar-refractivity contribution in [1.82, 2.24) is 4.90 Å². The summed E-state index contributed by atoms with van der Waals surface area (Å²) in [5.74, 6) is -1.89. The van der Waals surface area contributed by atoms with E-state index in [1.165, 1.54) is 4.90 Å². The Morgan fingerprint density at radius 3 is 2.08 bits per heavy atom. The molecule has 5 nitrogen and oxygen atoms in total. The SMILES string of the molecule is C[C@@H]([C@@H]1C[C@@]1(C(=O)O)c1ccccc1)N1C(=O)c2ccccc2C1=O. The fourth-order valence-corrected chi connectivity index (χ4v) is 4.06. The molecule has 4 rings (SSSR count). The lowest BCUT2D eigenvalue weighted by molar-refractivity contribution is -0.140. The molecule has 0 saturated heterocycles. The Morgan fingerprint density at radius 2 is 1.56 bits per heavy atom. The van der Waals surface area contributed by atoms with Crippen LogP contribution < -0.4 is 0 Å². The van der Waals surface area contributed by atoms with Crippen molar-refractivity contribution in [2.75, 3.05) is 0 Å². The molecule has 2 amide bonds. The highest BCUT2D eigenvalue weighted by atomic mass is 16.4. The highest BCUT2D eigenvalue weighted by Gasteiger charge is 2.65. The van der Waals surface area contributed by atoms with Crippen molar-refractivity contribution in [2.24, 2.45) is 5.92 Å². The van der Waals surface area contributed by atoms with Crippen LogP contribution in [0.25, 0.3) is 0 Å². The fraction of sp³-hybridized carbons (Fsp3) is 0.250. The first-order chi connectivity index (χ1) is 12.0. The first-order valence-corrected chi connectivity index (χ1v) is 8.24. The summed E-state index contributed by atoms with van der Waals surface area (Å²) in [7, 11) is 0. The van der Waals surface area contributed by atoms with Crippen molar-refractivity contribution >= 4 is 17.8 Å². The minimum atomic E-state index is -1.03. The summed E-state index contributed by atoms with van der Waals surface area (Å²) in [4.78, 5) is 38.5. The van der Waals surface area contributed by atoms with E-state index in [4.69, 9.17) is 0 Å². The summed E-state index contributed by atoms with van der Waals surface area (Å²) in [6, 6.07) is 15.3. The highest BCUT2D eigenvalue weighted by molar-refractivity contribution is 6.21. The van der Waals surface area contributed by atoms with E-state index in [1.54, 1.807) is 43.3 Å². The number of benzene rings is 2. The Bertz CT molecular complexity index is 857. The lowest BCUT2D eigenvalue weighted by atomic mass is 9.91. The fourth-order valence-electron chi connectivity index (χ4n) is 4.06. The van der Waals surface area contributed by atoms with Crippen molar-refractivity contribution in [3.63, 3.8) is 0 Å². The maximum atomic E-state index is 12.7. The molecule has 1 aliphatic carbocycles. The molecule has 0 aromatic heterocycles. The molecule has 0 unspecified atom stereocenters. The molecule has 2 aromatic carbocycles. The maximum Gasteiger partial charge on any atom is 0.314 e. The Morgan fingerprint density at radius 1 is 1.04 bits per heavy atom. The Balaban J connectivity index is 1.67. The topological polar surface area (TPSA) is 74.7 Å². The first-order valence-electron chi connectivity index (χ1n) is 8.24. The van der Waals surface area contributed by atoms with Crippen molar-refractivity contribution in [3.05, 3.63) is 71.3 Å². The largest absolute Gasteiger partial charge is 0.481 e. The number of aliphatic carboxylic acids is 1. The number of imide groups is 1. The molecule has 3 atom stereocenters. The number of nitrogens with zero attached hydrogens (tertiary/aromatic N) is 1. The van der Waals surface area contributed by atoms with Crippen molar-refractivity contribution < 1.29 is 19.5 Å². The normalized spacial score (nSPS) is 25.6. The minimum Gasteiger partial charge on any atom is -0.481 e. The number of rotatable bonds is 4. The molecule has 25 heavy (non-hydrogen) atoms. The van der Waals surface area contributed by atoms with Gasteiger partial charge in [-0.25, -0.2) is 0 Å². The third-order valence-electron chi connectivity index (χ3n) is 5.50. The molecular formula is C20H17NO4. The Kier molecular flexibility index (Phi) is 3.29. The molecule has 1 heterocycles. The van der Waals surface area contributed by atoms with Crippen LogP contribution in [0.1, 0.15) is 39.6 Å². The van der Waals surface area contributed by atoms with E-state index in [2.05, 4.69) is 0 Å². The third kappa shape index (κ3) is 2.05. The van der Waals surface area contributed by atoms with Gasteiger partial charge in [0.25, 0.3) is 11.8 Å². The summed E-state index contributed by atoms with van der Waals surface area (Å²) in [6.45, 7) is 1.76. The van der Waals surface area contributed by atoms with Gasteiger partial charge in [-0.15, -0.1) is 0 Å². The monoisotopic (exact) mass is 335 g/mol. The number of amides is 2. The predicted octanol–water partition coefficient (Wildman–Crippen LogP) is 2.71. The number of carbonyl (C=O) groups is 3. The van der Waals surface area contributed by atoms with Gasteiger partial charge in [-0.3, -0.25) is 19.3 Å². The number of carboxylic acids is 1. The van der Waals surface area contributed by atoms with Gasteiger partial charge in [0.15, 0.2) is 0 Å². The molecule has 1 N–H and O–H groups in total. The maximum absolute atomic E-state index is 12.7. The van der Waals surface area contributed by atoms with Crippen LogP contribution in [0, 0.1) is 5.92 Å². The smallest absolute Gasteiger partial charge is 0.314 e. The van der Waals surface area contributed by atoms with Crippen LogP contribution in [0.15, 0.2) is 54.6 Å². The zero-order valence-electron chi connectivity index (χ0n) is 13.7. The predicted molar refractivity (Wildman–Crippen MR) is 90.3 cm³/mol. The van der Waals surface area contributed by atoms with Gasteiger partial charge in [0, 0.05) is 12.0 Å². The van der Waals surface area contributed by atoms with Crippen molar-refractivity contribution in [2.45, 2.75) is 24.8 Å². The lowest BCUT2D eigenvalue weighted by Gasteiger charge is -2.25. The first kappa shape index (κ1) is 15.6. The van der Waals surface area contributed by atoms with Gasteiger partial charge < -0.3 is 5.11 Å². The summed E-state index contributed by atoms with van der Waals surface area (Å²) >= 11 is 0. The average molecular weight is 335 g/mol. The number of hydrogen-bond acceptors (Lipinski definition) is 3. The van der Waals surface area contributed by atoms with E-state index in [1.807, 2.05) is 18.2 Å². The molecule has 1 aliphatic heterocycles. The summed E-state index contributed by atoms with van der Waals surface area (Å²) in [5.41, 5.74) is 0.466. The van der Waals surface area contributed by atoms with Crippen molar-refractivity contribution in [3.8, 4) is 0 Å². The van der Waals surface area contributed by atoms with E-state index in [0.29, 0.717) is 17.5 Å². The van der Waals surface area contributed by atoms with Gasteiger partial charge >= 0.3 is 5.97 Å². The second-order valence-corrected chi connectivity index (χ2v) is 6.72. The molecule has 5 heteroatoms. The zero-order chi connectivity index (χ0) is 17.8. The van der Waals surface area contributed by atoms with Gasteiger partial charge in [-0.05, 0) is 31.0 Å². The second-order valence-electron chi connectivity index (χ2n) is 6.72. The second kappa shape index (κ2) is 5.28. The summed E-state index contributed by atoms with van der Waals surface area (Å²) < 4.78 is 0. The number of carbonyl (C=O) groups excluding carboxylic acids is 2. The number of fused-ring (bicyclic) bond motifs is 1. The molecule has 126 valence electrons. The molecule has 0 radical (unpaired) electrons. The van der Waals surface area contributed by atoms with E-state index in [-0.39, 0.29) is 17.7 Å². The third-order valence-corrected chi connectivity index (χ3v) is 5.50. The van der Waals surface area contributed by atoms with E-state index in [9.17, 15) is 19.5 Å². The lowest BCUT2D eigenvalue weighted by Crippen LogP contribution is -2.42. The van der Waals surface area contributed by atoms with E-state index in [0.717, 1.165) is 5.56 Å². The van der Waals surface area contributed by atoms with Gasteiger partial charge in [0.05, 0.1) is 16.5 Å². The van der Waals surface area contributed by atoms with E-state index < -0.39 is 17.4 Å². The highest BCUT2D eigenvalue weighted by Crippen LogP contribution is 2.57. The molecule has 0 bridgehead atoms. The molecule has 2 aromatic rings. The molecular weight excluding hydrogens is 318 g/mol. The van der Waals surface area contributed by atoms with Crippen LogP contribution in [0.5, 0.6) is 0 Å². The zero-order valence-corrected chi connectivity index (χ0v) is 13.7. The number of carboxylic acid groups (broad SMARTS) is 1. The standard InChI is InChI=1S/C20H17NO4/c1-12(21-17(22)14-9-5-6-10-15(14)18(21)23)16-11-20(16,19(24)25)13-7-3-2-4-8-13/h2-10,12,16H,11H2,1H3,(H,24,25)/t12-,16-,20+/m0/s1. The number of hydrogen-bond donors (Lipinski definition) is 1. The van der Waals surface area contributed by atoms with Gasteiger partial charge in [0.1, 0.15) is 0 Å². The Hall–Kier alpha value is -2.95. The Labute approximate surface area is 144 Å². The van der Waals surface area contributed by atoms with Gasteiger partial charge in [-0.1, -0.05) is 42.5 Å². The average Bonchev–Trinajstić information content (AvgIpc) is 3.34. The molecule has 1 fully saturated rings. The van der Waals surface area contributed by atoms with Crippen molar-refractivity contribution in [1.29, 1.82) is 0 Å². The summed E-state index contributed by atoms with van der Waals surface area (Å²) in [6.07, 6.45) is 0.418. The quantitative estimate of drug-likeness (QED) is 0.872. The van der Waals surface area contributed by atoms with Gasteiger partial charge in [0.2, 0.25) is 0 Å². The van der Waals surface area contributed by atoms with Crippen LogP contribution in [-0.4, -0.2) is 33.8 Å². The van der Waals surface area contributed by atoms with Crippen LogP contribution in [-0.2, 0) is 10.2 Å². The van der Waals surface area contributed by atoms with E-state index >= 15 is 0 Å². The van der Waals surface area contributed by atoms with Crippen LogP contribution in [0.2, 0.25) is 0 Å². The minimum absolute atomic E-state index is 0.297. The molecule has 1 saturated carbocycles. The van der Waals surface area contributed by atoms with Gasteiger partial charge in [-0.2, -0.15) is 0 Å². The molecule has 0 spiro atoms. The van der Waals surface area contributed by atoms with Crippen LogP contribution >= 0.6 is 0 Å². The molecule has 2 aliphatic rings.